The molecular formula is C7H16BF2NO2. The summed E-state index contributed by atoms with van der Waals surface area (Å²) in [6, 6.07) is 0. The maximum absolute atomic E-state index is 13.3. The predicted octanol–water partition coefficient (Wildman–Crippen LogP) is 2.00. The summed E-state index contributed by atoms with van der Waals surface area (Å²) in [6.07, 6.45) is 0. The first-order chi connectivity index (χ1) is 5.88. The topological polar surface area (TPSA) is 37.3 Å². The highest BCUT2D eigenvalue weighted by Gasteiger charge is 2.54. The predicted molar refractivity (Wildman–Crippen MR) is 47.9 cm³/mol. The van der Waals surface area contributed by atoms with Crippen molar-refractivity contribution in [2.24, 2.45) is 0 Å². The lowest BCUT2D eigenvalue weighted by Crippen LogP contribution is -2.67. The van der Waals surface area contributed by atoms with Gasteiger partial charge in [-0.15, -0.1) is 0 Å². The Balaban J connectivity index is 5.02. The van der Waals surface area contributed by atoms with Crippen molar-refractivity contribution in [1.82, 2.24) is 0 Å². The third-order valence-electron chi connectivity index (χ3n) is 2.87. The number of hydrogen-bond acceptors (Lipinski definition) is 1. The zero-order chi connectivity index (χ0) is 10.7. The minimum Gasteiger partial charge on any atom is -0.503 e. The van der Waals surface area contributed by atoms with Crippen molar-refractivity contribution in [1.29, 1.82) is 0 Å². The van der Waals surface area contributed by atoms with Crippen LogP contribution in [0.15, 0.2) is 0 Å². The van der Waals surface area contributed by atoms with Gasteiger partial charge in [0.25, 0.3) is 5.87 Å². The molecule has 0 aromatic carbocycles. The highest BCUT2D eigenvalue weighted by atomic mass is 19.2. The summed E-state index contributed by atoms with van der Waals surface area (Å²) in [5.41, 5.74) is 0. The third kappa shape index (κ3) is 1.82. The Bertz CT molecular complexity index is 187. The molecule has 0 radical (unpaired) electrons. The van der Waals surface area contributed by atoms with Crippen molar-refractivity contribution >= 4 is 12.7 Å². The van der Waals surface area contributed by atoms with Gasteiger partial charge in [0.2, 0.25) is 0 Å². The summed E-state index contributed by atoms with van der Waals surface area (Å²) >= 11 is 0. The standard InChI is InChI=1S/C7H16BF2NO2/c1-4-11(5-2,6-3)8(9,10)7(12)13/h4-6H2,1-3H3,(H,12,13). The molecule has 0 saturated carbocycles. The molecule has 0 heterocycles. The Morgan fingerprint density at radius 3 is 1.62 bits per heavy atom. The van der Waals surface area contributed by atoms with E-state index in [9.17, 15) is 13.4 Å². The van der Waals surface area contributed by atoms with Crippen LogP contribution in [-0.4, -0.2) is 41.8 Å². The van der Waals surface area contributed by atoms with Crippen LogP contribution in [-0.2, 0) is 0 Å². The molecule has 0 rings (SSSR count). The molecule has 13 heavy (non-hydrogen) atoms. The van der Waals surface area contributed by atoms with Gasteiger partial charge in [-0.25, -0.2) is 0 Å². The second-order valence-corrected chi connectivity index (χ2v) is 3.13. The molecule has 1 N–H and O–H groups in total. The molecule has 0 atom stereocenters. The van der Waals surface area contributed by atoms with Crippen molar-refractivity contribution in [2.45, 2.75) is 20.8 Å². The summed E-state index contributed by atoms with van der Waals surface area (Å²) in [6.45, 7) is 0.834. The molecule has 78 valence electrons. The van der Waals surface area contributed by atoms with Gasteiger partial charge in [-0.3, -0.25) is 4.79 Å². The van der Waals surface area contributed by atoms with Crippen molar-refractivity contribution in [2.75, 3.05) is 19.6 Å². The molecule has 0 amide bonds. The molecule has 0 aliphatic rings. The number of quaternary nitrogens is 1. The Hall–Kier alpha value is -0.645. The van der Waals surface area contributed by atoms with Crippen LogP contribution in [0.4, 0.5) is 13.4 Å². The highest BCUT2D eigenvalue weighted by molar-refractivity contribution is 6.88. The van der Waals surface area contributed by atoms with Gasteiger partial charge in [0.15, 0.2) is 0 Å². The smallest absolute Gasteiger partial charge is 0.503 e. The summed E-state index contributed by atoms with van der Waals surface area (Å²) in [5, 5.41) is 8.43. The van der Waals surface area contributed by atoms with Crippen LogP contribution in [0.2, 0.25) is 0 Å². The Morgan fingerprint density at radius 2 is 1.54 bits per heavy atom. The summed E-state index contributed by atoms with van der Waals surface area (Å²) in [4.78, 5) is 10.4. The van der Waals surface area contributed by atoms with Crippen LogP contribution >= 0.6 is 0 Å². The van der Waals surface area contributed by atoms with Crippen LogP contribution in [0.5, 0.6) is 0 Å². The first kappa shape index (κ1) is 12.4. The van der Waals surface area contributed by atoms with E-state index in [0.717, 1.165) is 0 Å². The zero-order valence-corrected chi connectivity index (χ0v) is 8.26. The van der Waals surface area contributed by atoms with E-state index >= 15 is 0 Å². The van der Waals surface area contributed by atoms with Gasteiger partial charge in [-0.05, 0) is 20.8 Å². The molecule has 0 bridgehead atoms. The van der Waals surface area contributed by atoms with Crippen LogP contribution in [0.25, 0.3) is 0 Å². The fourth-order valence-electron chi connectivity index (χ4n) is 1.59. The minimum absolute atomic E-state index is 0.145. The lowest BCUT2D eigenvalue weighted by atomic mass is 9.73. The number of carbonyl (C=O) groups is 1. The number of nitrogens with zero attached hydrogens (tertiary/aromatic N) is 1. The minimum atomic E-state index is -4.37. The molecule has 0 aliphatic carbocycles. The van der Waals surface area contributed by atoms with Crippen molar-refractivity contribution in [3.05, 3.63) is 0 Å². The van der Waals surface area contributed by atoms with Gasteiger partial charge < -0.3 is 18.1 Å². The molecular weight excluding hydrogens is 179 g/mol. The Labute approximate surface area is 77.0 Å². The highest BCUT2D eigenvalue weighted by Crippen LogP contribution is 2.24. The molecule has 6 heteroatoms. The molecule has 0 aromatic heterocycles. The van der Waals surface area contributed by atoms with Gasteiger partial charge in [0.05, 0.1) is 0 Å². The van der Waals surface area contributed by atoms with Gasteiger partial charge in [0, 0.05) is 19.6 Å². The van der Waals surface area contributed by atoms with E-state index in [1.807, 2.05) is 0 Å². The molecule has 0 aromatic rings. The van der Waals surface area contributed by atoms with E-state index in [4.69, 9.17) is 5.11 Å². The van der Waals surface area contributed by atoms with Crippen LogP contribution in [0.1, 0.15) is 20.8 Å². The summed E-state index contributed by atoms with van der Waals surface area (Å²) < 4.78 is 26.0. The lowest BCUT2D eigenvalue weighted by molar-refractivity contribution is -0.837. The van der Waals surface area contributed by atoms with E-state index in [-0.39, 0.29) is 19.6 Å². The van der Waals surface area contributed by atoms with Gasteiger partial charge in [-0.2, -0.15) is 0 Å². The summed E-state index contributed by atoms with van der Waals surface area (Å²) in [7, 11) is 0. The maximum atomic E-state index is 13.3. The number of halogens is 2. The molecule has 0 unspecified atom stereocenters. The van der Waals surface area contributed by atoms with E-state index in [2.05, 4.69) is 0 Å². The van der Waals surface area contributed by atoms with Crippen molar-refractivity contribution in [3.8, 4) is 0 Å². The molecule has 0 aliphatic heterocycles. The van der Waals surface area contributed by atoms with E-state index < -0.39 is 17.1 Å². The first-order valence-electron chi connectivity index (χ1n) is 4.48. The largest absolute Gasteiger partial charge is 0.644 e. The molecule has 0 spiro atoms. The first-order valence-corrected chi connectivity index (χ1v) is 4.48. The van der Waals surface area contributed by atoms with Gasteiger partial charge >= 0.3 is 6.84 Å². The fraction of sp³-hybridized carbons (Fsp3) is 0.857. The number of hydrogen-bond donors (Lipinski definition) is 1. The van der Waals surface area contributed by atoms with Crippen LogP contribution < -0.4 is 0 Å². The van der Waals surface area contributed by atoms with Crippen LogP contribution in [0.3, 0.4) is 0 Å². The second kappa shape index (κ2) is 4.04. The zero-order valence-electron chi connectivity index (χ0n) is 8.26. The van der Waals surface area contributed by atoms with Crippen molar-refractivity contribution < 1.29 is 22.9 Å². The quantitative estimate of drug-likeness (QED) is 0.681. The van der Waals surface area contributed by atoms with Crippen molar-refractivity contribution in [3.63, 3.8) is 0 Å². The molecule has 0 saturated heterocycles. The normalized spacial score (nSPS) is 13.0. The van der Waals surface area contributed by atoms with Crippen LogP contribution in [0, 0.1) is 0 Å². The molecule has 0 fully saturated rings. The average Bonchev–Trinajstić information content (AvgIpc) is 2.08. The van der Waals surface area contributed by atoms with Gasteiger partial charge in [0.1, 0.15) is 0 Å². The second-order valence-electron chi connectivity index (χ2n) is 3.13. The van der Waals surface area contributed by atoms with Gasteiger partial charge in [-0.1, -0.05) is 0 Å². The van der Waals surface area contributed by atoms with E-state index in [0.29, 0.717) is 0 Å². The SMILES string of the molecule is CC[N+](CC)(CC)[B-](F)(F)C(=O)O. The van der Waals surface area contributed by atoms with E-state index in [1.165, 1.54) is 0 Å². The number of rotatable bonds is 5. The third-order valence-corrected chi connectivity index (χ3v) is 2.87. The Morgan fingerprint density at radius 1 is 1.23 bits per heavy atom. The summed E-state index contributed by atoms with van der Waals surface area (Å²) in [5.74, 6) is -1.98. The van der Waals surface area contributed by atoms with E-state index in [1.54, 1.807) is 20.8 Å². The number of carboxylic acid groups (broad SMARTS) is 1. The monoisotopic (exact) mass is 195 g/mol. The maximum Gasteiger partial charge on any atom is 0.644 e. The fourth-order valence-corrected chi connectivity index (χ4v) is 1.59. The average molecular weight is 195 g/mol. The Kier molecular flexibility index (Phi) is 3.84. The lowest BCUT2D eigenvalue weighted by Gasteiger charge is -2.47. The molecule has 3 nitrogen and oxygen atoms in total.